The van der Waals surface area contributed by atoms with E-state index in [1.54, 1.807) is 12.1 Å². The largest absolute Gasteiger partial charge is 0.375 e. The number of hydrogen-bond donors (Lipinski definition) is 1. The summed E-state index contributed by atoms with van der Waals surface area (Å²) < 4.78 is 20.5. The van der Waals surface area contributed by atoms with E-state index in [0.717, 1.165) is 12.8 Å². The average molecular weight is 301 g/mol. The minimum Gasteiger partial charge on any atom is -0.375 e. The highest BCUT2D eigenvalue weighted by atomic mass is 19.1. The Hall–Kier alpha value is -2.84. The zero-order valence-corrected chi connectivity index (χ0v) is 11.5. The number of benzene rings is 1. The van der Waals surface area contributed by atoms with Crippen molar-refractivity contribution in [1.82, 2.24) is 30.3 Å². The van der Waals surface area contributed by atoms with Gasteiger partial charge in [-0.3, -0.25) is 0 Å². The predicted molar refractivity (Wildman–Crippen MR) is 72.7 cm³/mol. The van der Waals surface area contributed by atoms with Crippen LogP contribution in [-0.4, -0.2) is 30.3 Å². The Morgan fingerprint density at radius 1 is 1.36 bits per heavy atom. The van der Waals surface area contributed by atoms with Crippen LogP contribution in [0.3, 0.4) is 0 Å². The van der Waals surface area contributed by atoms with Crippen LogP contribution in [0.2, 0.25) is 0 Å². The van der Waals surface area contributed by atoms with Crippen molar-refractivity contribution in [3.05, 3.63) is 42.1 Å². The molecular formula is C13H12FN7O. The van der Waals surface area contributed by atoms with Crippen molar-refractivity contribution in [3.8, 4) is 5.69 Å². The number of halogens is 1. The van der Waals surface area contributed by atoms with Crippen molar-refractivity contribution in [2.75, 3.05) is 5.32 Å². The summed E-state index contributed by atoms with van der Waals surface area (Å²) in [6.45, 7) is 0.284. The third-order valence-corrected chi connectivity index (χ3v) is 3.41. The van der Waals surface area contributed by atoms with Gasteiger partial charge in [0.1, 0.15) is 12.1 Å². The molecule has 2 heterocycles. The average Bonchev–Trinajstić information content (AvgIpc) is 3.04. The molecule has 0 bridgehead atoms. The SMILES string of the molecule is Fc1ccc(-n2cnnn2)cc1NCc1noc(C2CC2)n1. The van der Waals surface area contributed by atoms with Gasteiger partial charge >= 0.3 is 0 Å². The zero-order valence-electron chi connectivity index (χ0n) is 11.5. The third kappa shape index (κ3) is 2.52. The summed E-state index contributed by atoms with van der Waals surface area (Å²) in [4.78, 5) is 4.29. The van der Waals surface area contributed by atoms with E-state index in [-0.39, 0.29) is 12.4 Å². The fraction of sp³-hybridized carbons (Fsp3) is 0.308. The van der Waals surface area contributed by atoms with Crippen LogP contribution in [0.1, 0.15) is 30.5 Å². The van der Waals surface area contributed by atoms with Gasteiger partial charge in [-0.15, -0.1) is 5.10 Å². The van der Waals surface area contributed by atoms with Gasteiger partial charge in [-0.2, -0.15) is 4.98 Å². The van der Waals surface area contributed by atoms with E-state index >= 15 is 0 Å². The summed E-state index contributed by atoms with van der Waals surface area (Å²) in [5.74, 6) is 1.21. The lowest BCUT2D eigenvalue weighted by molar-refractivity contribution is 0.374. The molecule has 1 saturated carbocycles. The van der Waals surface area contributed by atoms with Crippen LogP contribution in [0.4, 0.5) is 10.1 Å². The maximum atomic E-state index is 13.9. The first kappa shape index (κ1) is 12.9. The molecule has 2 aromatic heterocycles. The first-order valence-electron chi connectivity index (χ1n) is 6.89. The van der Waals surface area contributed by atoms with E-state index in [9.17, 15) is 4.39 Å². The molecule has 112 valence electrons. The number of nitrogens with one attached hydrogen (secondary N) is 1. The normalized spacial score (nSPS) is 14.2. The van der Waals surface area contributed by atoms with Gasteiger partial charge in [-0.25, -0.2) is 9.07 Å². The molecule has 0 radical (unpaired) electrons. The van der Waals surface area contributed by atoms with Gasteiger partial charge in [-0.05, 0) is 41.5 Å². The number of rotatable bonds is 5. The number of hydrogen-bond acceptors (Lipinski definition) is 7. The van der Waals surface area contributed by atoms with Crippen molar-refractivity contribution in [1.29, 1.82) is 0 Å². The molecule has 1 N–H and O–H groups in total. The van der Waals surface area contributed by atoms with Gasteiger partial charge in [0.25, 0.3) is 0 Å². The summed E-state index contributed by atoms with van der Waals surface area (Å²) in [5.41, 5.74) is 0.978. The second kappa shape index (κ2) is 5.17. The standard InChI is InChI=1S/C13H12FN7O/c14-10-4-3-9(21-7-16-19-20-21)5-11(10)15-6-12-17-13(22-18-12)8-1-2-8/h3-5,7-8,15H,1-2,6H2. The molecule has 0 atom stereocenters. The Kier molecular flexibility index (Phi) is 3.02. The second-order valence-corrected chi connectivity index (χ2v) is 5.10. The molecule has 1 aromatic carbocycles. The second-order valence-electron chi connectivity index (χ2n) is 5.10. The van der Waals surface area contributed by atoms with Crippen LogP contribution in [0.25, 0.3) is 5.69 Å². The fourth-order valence-electron chi connectivity index (χ4n) is 2.08. The van der Waals surface area contributed by atoms with Gasteiger partial charge in [-0.1, -0.05) is 5.16 Å². The van der Waals surface area contributed by atoms with Crippen molar-refractivity contribution >= 4 is 5.69 Å². The quantitative estimate of drug-likeness (QED) is 0.766. The molecule has 0 aliphatic heterocycles. The molecular weight excluding hydrogens is 289 g/mol. The van der Waals surface area contributed by atoms with E-state index in [1.165, 1.54) is 17.1 Å². The highest BCUT2D eigenvalue weighted by Gasteiger charge is 2.29. The number of anilines is 1. The summed E-state index contributed by atoms with van der Waals surface area (Å²) in [7, 11) is 0. The molecule has 1 aliphatic carbocycles. The Morgan fingerprint density at radius 3 is 3.05 bits per heavy atom. The smallest absolute Gasteiger partial charge is 0.229 e. The molecule has 8 nitrogen and oxygen atoms in total. The Balaban J connectivity index is 1.50. The monoisotopic (exact) mass is 301 g/mol. The van der Waals surface area contributed by atoms with Crippen molar-refractivity contribution in [3.63, 3.8) is 0 Å². The van der Waals surface area contributed by atoms with Gasteiger partial charge in [0.15, 0.2) is 5.82 Å². The lowest BCUT2D eigenvalue weighted by atomic mass is 10.2. The first-order valence-corrected chi connectivity index (χ1v) is 6.89. The molecule has 0 saturated heterocycles. The van der Waals surface area contributed by atoms with Gasteiger partial charge in [0, 0.05) is 5.92 Å². The minimum absolute atomic E-state index is 0.284. The highest BCUT2D eigenvalue weighted by molar-refractivity contribution is 5.51. The molecule has 1 aliphatic rings. The molecule has 0 amide bonds. The molecule has 1 fully saturated rings. The van der Waals surface area contributed by atoms with E-state index in [4.69, 9.17) is 4.52 Å². The Bertz CT molecular complexity index is 782. The third-order valence-electron chi connectivity index (χ3n) is 3.41. The number of nitrogens with zero attached hydrogens (tertiary/aromatic N) is 6. The minimum atomic E-state index is -0.372. The fourth-order valence-corrected chi connectivity index (χ4v) is 2.08. The van der Waals surface area contributed by atoms with Crippen molar-refractivity contribution in [2.24, 2.45) is 0 Å². The summed E-state index contributed by atoms with van der Waals surface area (Å²) in [5, 5.41) is 17.7. The van der Waals surface area contributed by atoms with E-state index in [2.05, 4.69) is 31.0 Å². The van der Waals surface area contributed by atoms with Crippen LogP contribution >= 0.6 is 0 Å². The zero-order chi connectivity index (χ0) is 14.9. The highest BCUT2D eigenvalue weighted by Crippen LogP contribution is 2.38. The summed E-state index contributed by atoms with van der Waals surface area (Å²) >= 11 is 0. The van der Waals surface area contributed by atoms with E-state index in [1.807, 2.05) is 0 Å². The first-order chi connectivity index (χ1) is 10.8. The number of tetrazole rings is 1. The van der Waals surface area contributed by atoms with Crippen molar-refractivity contribution in [2.45, 2.75) is 25.3 Å². The molecule has 22 heavy (non-hydrogen) atoms. The summed E-state index contributed by atoms with van der Waals surface area (Å²) in [6, 6.07) is 4.56. The van der Waals surface area contributed by atoms with Crippen molar-refractivity contribution < 1.29 is 8.91 Å². The molecule has 0 unspecified atom stereocenters. The van der Waals surface area contributed by atoms with Gasteiger partial charge < -0.3 is 9.84 Å². The molecule has 4 rings (SSSR count). The van der Waals surface area contributed by atoms with Crippen LogP contribution in [-0.2, 0) is 6.54 Å². The van der Waals surface area contributed by atoms with Gasteiger partial charge in [0.2, 0.25) is 5.89 Å². The van der Waals surface area contributed by atoms with Gasteiger partial charge in [0.05, 0.1) is 17.9 Å². The lowest BCUT2D eigenvalue weighted by Gasteiger charge is -2.07. The maximum Gasteiger partial charge on any atom is 0.229 e. The molecule has 9 heteroatoms. The number of aromatic nitrogens is 6. The molecule has 3 aromatic rings. The Morgan fingerprint density at radius 2 is 2.27 bits per heavy atom. The predicted octanol–water partition coefficient (Wildman–Crippen LogP) is 1.67. The molecule has 0 spiro atoms. The van der Waals surface area contributed by atoms with Crippen LogP contribution in [0.15, 0.2) is 29.0 Å². The summed E-state index contributed by atoms with van der Waals surface area (Å²) in [6.07, 6.45) is 3.63. The van der Waals surface area contributed by atoms with Crippen LogP contribution < -0.4 is 5.32 Å². The van der Waals surface area contributed by atoms with E-state index < -0.39 is 0 Å². The lowest BCUT2D eigenvalue weighted by Crippen LogP contribution is -2.05. The Labute approximate surface area is 124 Å². The van der Waals surface area contributed by atoms with Crippen LogP contribution in [0, 0.1) is 5.82 Å². The van der Waals surface area contributed by atoms with Crippen LogP contribution in [0.5, 0.6) is 0 Å². The van der Waals surface area contributed by atoms with E-state index in [0.29, 0.717) is 29.0 Å². The maximum absolute atomic E-state index is 13.9. The topological polar surface area (TPSA) is 94.6 Å².